The zero-order chi connectivity index (χ0) is 20.0. The third-order valence-electron chi connectivity index (χ3n) is 5.02. The maximum Gasteiger partial charge on any atom is 0.336 e. The summed E-state index contributed by atoms with van der Waals surface area (Å²) in [4.78, 5) is 26.1. The molecular formula is C22H17Cl2NO3. The molecule has 0 amide bonds. The van der Waals surface area contributed by atoms with Crippen LogP contribution in [0.4, 0.5) is 0 Å². The molecule has 2 aliphatic rings. The third kappa shape index (κ3) is 2.84. The molecule has 0 unspecified atom stereocenters. The van der Waals surface area contributed by atoms with Crippen molar-refractivity contribution in [2.24, 2.45) is 0 Å². The maximum absolute atomic E-state index is 13.3. The summed E-state index contributed by atoms with van der Waals surface area (Å²) in [5.74, 6) is -1.16. The van der Waals surface area contributed by atoms with Crippen molar-refractivity contribution >= 4 is 40.7 Å². The van der Waals surface area contributed by atoms with Crippen LogP contribution in [0, 0.1) is 0 Å². The predicted octanol–water partition coefficient (Wildman–Crippen LogP) is 5.12. The second-order valence-electron chi connectivity index (χ2n) is 6.65. The summed E-state index contributed by atoms with van der Waals surface area (Å²) >= 11 is 12.3. The van der Waals surface area contributed by atoms with Crippen molar-refractivity contribution in [3.8, 4) is 0 Å². The quantitative estimate of drug-likeness (QED) is 0.708. The Labute approximate surface area is 172 Å². The summed E-state index contributed by atoms with van der Waals surface area (Å²) in [5, 5.41) is 4.03. The van der Waals surface area contributed by atoms with Crippen LogP contribution in [0.1, 0.15) is 41.3 Å². The zero-order valence-corrected chi connectivity index (χ0v) is 16.8. The monoisotopic (exact) mass is 413 g/mol. The normalized spacial score (nSPS) is 18.0. The lowest BCUT2D eigenvalue weighted by Gasteiger charge is -2.29. The standard InChI is InChI=1S/C22H17Cl2NO3/c1-3-28-22(27)17-11(2)25-20-13-6-4-5-7-14(13)21(26)19(20)18(17)12-8-9-15(23)16(24)10-12/h4-10,18,25H,3H2,1-2H3/t18-/m1/s1. The number of dihydropyridines is 1. The Hall–Kier alpha value is -2.56. The number of ketones is 1. The Morgan fingerprint density at radius 3 is 2.50 bits per heavy atom. The SMILES string of the molecule is CCOC(=O)C1=C(C)NC2=C(C(=O)c3ccccc32)[C@@H]1c1ccc(Cl)c(Cl)c1. The summed E-state index contributed by atoms with van der Waals surface area (Å²) < 4.78 is 5.29. The van der Waals surface area contributed by atoms with Crippen molar-refractivity contribution in [3.63, 3.8) is 0 Å². The van der Waals surface area contributed by atoms with Gasteiger partial charge in [-0.2, -0.15) is 0 Å². The molecule has 1 heterocycles. The average Bonchev–Trinajstić information content (AvgIpc) is 2.95. The van der Waals surface area contributed by atoms with Crippen LogP contribution in [0.3, 0.4) is 0 Å². The fraction of sp³-hybridized carbons (Fsp3) is 0.182. The largest absolute Gasteiger partial charge is 0.463 e. The van der Waals surface area contributed by atoms with Crippen LogP contribution in [0.15, 0.2) is 59.3 Å². The number of hydrogen-bond donors (Lipinski definition) is 1. The fourth-order valence-electron chi connectivity index (χ4n) is 3.83. The van der Waals surface area contributed by atoms with Gasteiger partial charge in [0.15, 0.2) is 5.78 Å². The zero-order valence-electron chi connectivity index (χ0n) is 15.3. The van der Waals surface area contributed by atoms with E-state index in [1.165, 1.54) is 0 Å². The number of rotatable bonds is 3. The van der Waals surface area contributed by atoms with Crippen LogP contribution < -0.4 is 5.32 Å². The van der Waals surface area contributed by atoms with E-state index in [1.54, 1.807) is 31.2 Å². The van der Waals surface area contributed by atoms with Gasteiger partial charge in [-0.15, -0.1) is 0 Å². The first kappa shape index (κ1) is 18.8. The molecule has 0 saturated heterocycles. The Morgan fingerprint density at radius 2 is 1.82 bits per heavy atom. The van der Waals surface area contributed by atoms with E-state index in [4.69, 9.17) is 27.9 Å². The number of Topliss-reactive ketones (excluding diaryl/α,β-unsaturated/α-hetero) is 1. The van der Waals surface area contributed by atoms with E-state index in [-0.39, 0.29) is 12.4 Å². The molecule has 28 heavy (non-hydrogen) atoms. The minimum atomic E-state index is -0.593. The van der Waals surface area contributed by atoms with Crippen molar-refractivity contribution in [3.05, 3.63) is 86.0 Å². The molecule has 0 bridgehead atoms. The topological polar surface area (TPSA) is 55.4 Å². The molecule has 4 rings (SSSR count). The first-order valence-corrected chi connectivity index (χ1v) is 9.67. The van der Waals surface area contributed by atoms with Crippen molar-refractivity contribution < 1.29 is 14.3 Å². The Balaban J connectivity index is 1.94. The average molecular weight is 414 g/mol. The highest BCUT2D eigenvalue weighted by Gasteiger charge is 2.42. The van der Waals surface area contributed by atoms with Crippen LogP contribution in [-0.4, -0.2) is 18.4 Å². The summed E-state index contributed by atoms with van der Waals surface area (Å²) in [6.07, 6.45) is 0. The number of ether oxygens (including phenoxy) is 1. The number of esters is 1. The molecule has 6 heteroatoms. The highest BCUT2D eigenvalue weighted by Crippen LogP contribution is 2.47. The van der Waals surface area contributed by atoms with Gasteiger partial charge in [0.1, 0.15) is 0 Å². The molecule has 1 atom stereocenters. The summed E-state index contributed by atoms with van der Waals surface area (Å²) in [6.45, 7) is 3.80. The third-order valence-corrected chi connectivity index (χ3v) is 5.76. The van der Waals surface area contributed by atoms with Gasteiger partial charge in [0.2, 0.25) is 0 Å². The van der Waals surface area contributed by atoms with E-state index < -0.39 is 11.9 Å². The molecule has 142 valence electrons. The molecule has 0 saturated carbocycles. The fourth-order valence-corrected chi connectivity index (χ4v) is 4.14. The van der Waals surface area contributed by atoms with Crippen LogP contribution in [-0.2, 0) is 9.53 Å². The number of nitrogens with one attached hydrogen (secondary N) is 1. The van der Waals surface area contributed by atoms with Gasteiger partial charge in [-0.05, 0) is 31.5 Å². The van der Waals surface area contributed by atoms with Crippen molar-refractivity contribution in [1.82, 2.24) is 5.32 Å². The second-order valence-corrected chi connectivity index (χ2v) is 7.47. The lowest BCUT2D eigenvalue weighted by atomic mass is 9.80. The van der Waals surface area contributed by atoms with E-state index in [0.29, 0.717) is 38.0 Å². The first-order valence-electron chi connectivity index (χ1n) is 8.92. The molecular weight excluding hydrogens is 397 g/mol. The molecule has 0 spiro atoms. The Kier molecular flexibility index (Phi) is 4.77. The van der Waals surface area contributed by atoms with Crippen molar-refractivity contribution in [1.29, 1.82) is 0 Å². The second kappa shape index (κ2) is 7.12. The van der Waals surface area contributed by atoms with Crippen molar-refractivity contribution in [2.75, 3.05) is 6.61 Å². The predicted molar refractivity (Wildman–Crippen MR) is 109 cm³/mol. The number of benzene rings is 2. The Bertz CT molecular complexity index is 1080. The van der Waals surface area contributed by atoms with E-state index in [9.17, 15) is 9.59 Å². The van der Waals surface area contributed by atoms with Gasteiger partial charge in [-0.3, -0.25) is 4.79 Å². The number of halogens is 2. The van der Waals surface area contributed by atoms with E-state index >= 15 is 0 Å². The van der Waals surface area contributed by atoms with Gasteiger partial charge >= 0.3 is 5.97 Å². The number of allylic oxidation sites excluding steroid dienone is 2. The van der Waals surface area contributed by atoms with E-state index in [2.05, 4.69) is 5.32 Å². The molecule has 0 radical (unpaired) electrons. The van der Waals surface area contributed by atoms with Crippen LogP contribution in [0.2, 0.25) is 10.0 Å². The molecule has 0 fully saturated rings. The van der Waals surface area contributed by atoms with Crippen LogP contribution >= 0.6 is 23.2 Å². The number of hydrogen-bond acceptors (Lipinski definition) is 4. The molecule has 0 aromatic heterocycles. The van der Waals surface area contributed by atoms with Gasteiger partial charge in [-0.1, -0.05) is 53.5 Å². The summed E-state index contributed by atoms with van der Waals surface area (Å²) in [7, 11) is 0. The molecule has 1 aliphatic heterocycles. The number of carbonyl (C=O) groups excluding carboxylic acids is 2. The molecule has 2 aromatic carbocycles. The lowest BCUT2D eigenvalue weighted by molar-refractivity contribution is -0.138. The van der Waals surface area contributed by atoms with Gasteiger partial charge in [0, 0.05) is 28.3 Å². The minimum Gasteiger partial charge on any atom is -0.463 e. The highest BCUT2D eigenvalue weighted by molar-refractivity contribution is 6.42. The van der Waals surface area contributed by atoms with Gasteiger partial charge in [0.05, 0.1) is 27.9 Å². The van der Waals surface area contributed by atoms with Gasteiger partial charge < -0.3 is 10.1 Å². The first-order chi connectivity index (χ1) is 13.4. The number of fused-ring (bicyclic) bond motifs is 2. The maximum atomic E-state index is 13.3. The lowest BCUT2D eigenvalue weighted by Crippen LogP contribution is -2.29. The minimum absolute atomic E-state index is 0.108. The molecule has 1 N–H and O–H groups in total. The number of carbonyl (C=O) groups is 2. The van der Waals surface area contributed by atoms with Crippen molar-refractivity contribution in [2.45, 2.75) is 19.8 Å². The molecule has 2 aromatic rings. The highest BCUT2D eigenvalue weighted by atomic mass is 35.5. The molecule has 4 nitrogen and oxygen atoms in total. The van der Waals surface area contributed by atoms with Crippen LogP contribution in [0.25, 0.3) is 5.70 Å². The summed E-state index contributed by atoms with van der Waals surface area (Å²) in [6, 6.07) is 12.6. The van der Waals surface area contributed by atoms with Crippen LogP contribution in [0.5, 0.6) is 0 Å². The van der Waals surface area contributed by atoms with E-state index in [1.807, 2.05) is 25.1 Å². The smallest absolute Gasteiger partial charge is 0.336 e. The van der Waals surface area contributed by atoms with Gasteiger partial charge in [-0.25, -0.2) is 4.79 Å². The summed E-state index contributed by atoms with van der Waals surface area (Å²) in [5.41, 5.74) is 4.46. The van der Waals surface area contributed by atoms with Gasteiger partial charge in [0.25, 0.3) is 0 Å². The van der Waals surface area contributed by atoms with E-state index in [0.717, 1.165) is 11.3 Å². The molecule has 1 aliphatic carbocycles. The Morgan fingerprint density at radius 1 is 1.11 bits per heavy atom.